The van der Waals surface area contributed by atoms with Gasteiger partial charge >= 0.3 is 5.76 Å². The maximum atomic E-state index is 12.4. The van der Waals surface area contributed by atoms with Crippen molar-refractivity contribution in [2.75, 3.05) is 0 Å². The fourth-order valence-corrected chi connectivity index (χ4v) is 2.59. The minimum Gasteiger partial charge on any atom is -0.408 e. The van der Waals surface area contributed by atoms with Gasteiger partial charge < -0.3 is 4.42 Å². The summed E-state index contributed by atoms with van der Waals surface area (Å²) in [7, 11) is 0. The zero-order chi connectivity index (χ0) is 16.0. The summed E-state index contributed by atoms with van der Waals surface area (Å²) in [6.45, 7) is -0.0931. The third-order valence-corrected chi connectivity index (χ3v) is 3.77. The molecule has 114 valence electrons. The molecule has 0 bridgehead atoms. The monoisotopic (exact) mass is 328 g/mol. The number of oxazole rings is 1. The minimum absolute atomic E-state index is 0.0931. The fraction of sp³-hybridized carbons (Fsp3) is 0.0667. The van der Waals surface area contributed by atoms with Gasteiger partial charge in [-0.25, -0.2) is 4.79 Å². The summed E-state index contributed by atoms with van der Waals surface area (Å²) in [5.74, 6) is -0.593. The van der Waals surface area contributed by atoms with Crippen LogP contribution in [0, 0.1) is 0 Å². The van der Waals surface area contributed by atoms with E-state index in [0.29, 0.717) is 27.0 Å². The number of halogens is 1. The first-order chi connectivity index (χ1) is 11.1. The first-order valence-corrected chi connectivity index (χ1v) is 7.13. The molecule has 4 aromatic rings. The van der Waals surface area contributed by atoms with E-state index >= 15 is 0 Å². The quantitative estimate of drug-likeness (QED) is 0.561. The molecule has 0 radical (unpaired) electrons. The zero-order valence-electron chi connectivity index (χ0n) is 11.6. The predicted octanol–water partition coefficient (Wildman–Crippen LogP) is 1.86. The van der Waals surface area contributed by atoms with Crippen LogP contribution in [-0.2, 0) is 6.67 Å². The molecular weight excluding hydrogens is 320 g/mol. The molecule has 2 heterocycles. The highest BCUT2D eigenvalue weighted by Gasteiger charge is 2.12. The van der Waals surface area contributed by atoms with Gasteiger partial charge in [0.15, 0.2) is 5.58 Å². The average molecular weight is 329 g/mol. The van der Waals surface area contributed by atoms with Crippen molar-refractivity contribution >= 4 is 33.6 Å². The molecule has 0 N–H and O–H groups in total. The van der Waals surface area contributed by atoms with Crippen LogP contribution in [0.5, 0.6) is 0 Å². The third kappa shape index (κ3) is 2.22. The molecule has 0 unspecified atom stereocenters. The number of hydrogen-bond donors (Lipinski definition) is 0. The SMILES string of the molecule is O=c1c2ccccc2nnn1Cn1c(=O)oc2cc(Cl)ccc21. The molecule has 0 atom stereocenters. The molecule has 4 rings (SSSR count). The average Bonchev–Trinajstić information content (AvgIpc) is 2.85. The van der Waals surface area contributed by atoms with Crippen molar-refractivity contribution < 1.29 is 4.42 Å². The highest BCUT2D eigenvalue weighted by Crippen LogP contribution is 2.18. The summed E-state index contributed by atoms with van der Waals surface area (Å²) < 4.78 is 7.56. The maximum absolute atomic E-state index is 12.4. The highest BCUT2D eigenvalue weighted by atomic mass is 35.5. The maximum Gasteiger partial charge on any atom is 0.421 e. The highest BCUT2D eigenvalue weighted by molar-refractivity contribution is 6.31. The van der Waals surface area contributed by atoms with Gasteiger partial charge in [0.2, 0.25) is 0 Å². The summed E-state index contributed by atoms with van der Waals surface area (Å²) in [6, 6.07) is 11.7. The lowest BCUT2D eigenvalue weighted by molar-refractivity contribution is 0.449. The van der Waals surface area contributed by atoms with Gasteiger partial charge in [-0.3, -0.25) is 9.36 Å². The second kappa shape index (κ2) is 5.06. The predicted molar refractivity (Wildman–Crippen MR) is 84.7 cm³/mol. The second-order valence-corrected chi connectivity index (χ2v) is 5.40. The van der Waals surface area contributed by atoms with E-state index in [1.54, 1.807) is 42.5 Å². The van der Waals surface area contributed by atoms with Gasteiger partial charge in [0.1, 0.15) is 12.2 Å². The molecule has 0 fully saturated rings. The molecular formula is C15H9ClN4O3. The Balaban J connectivity index is 1.88. The first kappa shape index (κ1) is 13.7. The molecule has 0 amide bonds. The lowest BCUT2D eigenvalue weighted by atomic mass is 10.2. The van der Waals surface area contributed by atoms with Gasteiger partial charge in [-0.05, 0) is 24.3 Å². The van der Waals surface area contributed by atoms with E-state index < -0.39 is 5.76 Å². The lowest BCUT2D eigenvalue weighted by Crippen LogP contribution is -2.30. The Morgan fingerprint density at radius 2 is 1.96 bits per heavy atom. The Bertz CT molecular complexity index is 1160. The van der Waals surface area contributed by atoms with Crippen LogP contribution < -0.4 is 11.3 Å². The number of fused-ring (bicyclic) bond motifs is 2. The van der Waals surface area contributed by atoms with Crippen LogP contribution in [-0.4, -0.2) is 19.6 Å². The summed E-state index contributed by atoms with van der Waals surface area (Å²) in [4.78, 5) is 24.5. The van der Waals surface area contributed by atoms with Crippen molar-refractivity contribution in [2.45, 2.75) is 6.67 Å². The van der Waals surface area contributed by atoms with E-state index in [4.69, 9.17) is 16.0 Å². The largest absolute Gasteiger partial charge is 0.421 e. The summed E-state index contributed by atoms with van der Waals surface area (Å²) in [5.41, 5.74) is 1.06. The van der Waals surface area contributed by atoms with Crippen LogP contribution in [0.4, 0.5) is 0 Å². The molecule has 8 heteroatoms. The topological polar surface area (TPSA) is 82.9 Å². The summed E-state index contributed by atoms with van der Waals surface area (Å²) >= 11 is 5.88. The first-order valence-electron chi connectivity index (χ1n) is 6.75. The molecule has 2 aromatic heterocycles. The Kier molecular flexibility index (Phi) is 3.02. The van der Waals surface area contributed by atoms with Crippen LogP contribution in [0.15, 0.2) is 56.5 Å². The number of nitrogens with zero attached hydrogens (tertiary/aromatic N) is 4. The molecule has 0 aliphatic heterocycles. The summed E-state index contributed by atoms with van der Waals surface area (Å²) in [5, 5.41) is 8.76. The molecule has 0 saturated heterocycles. The zero-order valence-corrected chi connectivity index (χ0v) is 12.4. The molecule has 0 spiro atoms. The summed E-state index contributed by atoms with van der Waals surface area (Å²) in [6.07, 6.45) is 0. The van der Waals surface area contributed by atoms with E-state index in [-0.39, 0.29) is 12.2 Å². The van der Waals surface area contributed by atoms with Crippen molar-refractivity contribution in [3.63, 3.8) is 0 Å². The lowest BCUT2D eigenvalue weighted by Gasteiger charge is -2.05. The van der Waals surface area contributed by atoms with Crippen LogP contribution in [0.1, 0.15) is 0 Å². The van der Waals surface area contributed by atoms with Gasteiger partial charge in [-0.15, -0.1) is 5.10 Å². The van der Waals surface area contributed by atoms with Crippen LogP contribution in [0.3, 0.4) is 0 Å². The van der Waals surface area contributed by atoms with Crippen molar-refractivity contribution in [1.82, 2.24) is 19.6 Å². The Morgan fingerprint density at radius 1 is 1.13 bits per heavy atom. The van der Waals surface area contributed by atoms with Crippen molar-refractivity contribution in [1.29, 1.82) is 0 Å². The molecule has 23 heavy (non-hydrogen) atoms. The smallest absolute Gasteiger partial charge is 0.408 e. The number of hydrogen-bond acceptors (Lipinski definition) is 5. The molecule has 7 nitrogen and oxygen atoms in total. The van der Waals surface area contributed by atoms with Gasteiger partial charge in [0.05, 0.1) is 10.9 Å². The van der Waals surface area contributed by atoms with E-state index in [2.05, 4.69) is 10.3 Å². The van der Waals surface area contributed by atoms with Crippen molar-refractivity contribution in [3.8, 4) is 0 Å². The number of rotatable bonds is 2. The van der Waals surface area contributed by atoms with Crippen molar-refractivity contribution in [3.05, 3.63) is 68.4 Å². The normalized spacial score (nSPS) is 11.3. The fourth-order valence-electron chi connectivity index (χ4n) is 2.42. The van der Waals surface area contributed by atoms with E-state index in [9.17, 15) is 9.59 Å². The molecule has 0 aliphatic rings. The second-order valence-electron chi connectivity index (χ2n) is 4.96. The Labute approximate surface area is 133 Å². The number of aromatic nitrogens is 4. The van der Waals surface area contributed by atoms with Gasteiger partial charge in [0, 0.05) is 11.1 Å². The van der Waals surface area contributed by atoms with Gasteiger partial charge in [0.25, 0.3) is 5.56 Å². The van der Waals surface area contributed by atoms with Gasteiger partial charge in [-0.1, -0.05) is 28.9 Å². The van der Waals surface area contributed by atoms with Crippen LogP contribution >= 0.6 is 11.6 Å². The minimum atomic E-state index is -0.593. The number of benzene rings is 2. The standard InChI is InChI=1S/C15H9ClN4O3/c16-9-5-6-12-13(7-9)23-15(22)19(12)8-20-14(21)10-3-1-2-4-11(10)17-18-20/h1-7H,8H2. The van der Waals surface area contributed by atoms with Gasteiger partial charge in [-0.2, -0.15) is 4.68 Å². The van der Waals surface area contributed by atoms with E-state index in [1.807, 2.05) is 0 Å². The molecule has 2 aromatic carbocycles. The van der Waals surface area contributed by atoms with Crippen LogP contribution in [0.25, 0.3) is 22.0 Å². The van der Waals surface area contributed by atoms with Crippen molar-refractivity contribution in [2.24, 2.45) is 0 Å². The van der Waals surface area contributed by atoms with E-state index in [1.165, 1.54) is 4.57 Å². The molecule has 0 aliphatic carbocycles. The van der Waals surface area contributed by atoms with Crippen LogP contribution in [0.2, 0.25) is 5.02 Å². The van der Waals surface area contributed by atoms with E-state index in [0.717, 1.165) is 4.68 Å². The third-order valence-electron chi connectivity index (χ3n) is 3.53. The Morgan fingerprint density at radius 3 is 2.83 bits per heavy atom. The molecule has 0 saturated carbocycles. The Hall–Kier alpha value is -2.93.